The quantitative estimate of drug-likeness (QED) is 0.264. The second-order valence-corrected chi connectivity index (χ2v) is 11.4. The summed E-state index contributed by atoms with van der Waals surface area (Å²) in [4.78, 5) is 11.6. The Kier molecular flexibility index (Phi) is 9.84. The Morgan fingerprint density at radius 3 is 2.14 bits per heavy atom. The molecule has 1 N–H and O–H groups in total. The molecular weight excluding hydrogens is 438 g/mol. The maximum atomic E-state index is 11.6. The van der Waals surface area contributed by atoms with Crippen LogP contribution in [0, 0.1) is 5.92 Å². The number of unbranched alkanes of at least 4 members (excludes halogenated alkanes) is 2. The predicted octanol–water partition coefficient (Wildman–Crippen LogP) is 9.10. The highest BCUT2D eigenvalue weighted by Crippen LogP contribution is 2.39. The van der Waals surface area contributed by atoms with E-state index in [2.05, 4.69) is 68.2 Å². The van der Waals surface area contributed by atoms with E-state index in [1.165, 1.54) is 79.7 Å². The average molecular weight is 486 g/mol. The number of hydrogen-bond acceptors (Lipinski definition) is 1. The lowest BCUT2D eigenvalue weighted by Crippen LogP contribution is -2.36. The SMILES string of the molecule is C=CC(=O)NC1CCC(c2ccc(-c3ccc(C4CCC(CCCCC)CC4)cc3)c(CC)c2)CC1. The molecule has 2 saturated carbocycles. The number of amides is 1. The monoisotopic (exact) mass is 485 g/mol. The minimum absolute atomic E-state index is 0.0443. The standard InChI is InChI=1S/C34H47NO/c1-4-7-8-9-25-10-12-27(13-11-25)28-14-16-30(17-15-28)33-23-20-31(24-26(33)5-2)29-18-21-32(22-19-29)35-34(36)6-3/h6,14-17,20,23-25,27,29,32H,3-5,7-13,18-19,21-22H2,1-2H3,(H,35,36). The van der Waals surface area contributed by atoms with Crippen LogP contribution in [0.15, 0.2) is 55.1 Å². The molecule has 0 spiro atoms. The molecule has 0 heterocycles. The van der Waals surface area contributed by atoms with Gasteiger partial charge in [-0.05, 0) is 109 Å². The molecule has 0 bridgehead atoms. The van der Waals surface area contributed by atoms with Gasteiger partial charge in [-0.1, -0.05) is 88.6 Å². The summed E-state index contributed by atoms with van der Waals surface area (Å²) in [6.45, 7) is 8.15. The summed E-state index contributed by atoms with van der Waals surface area (Å²) in [5.74, 6) is 2.28. The van der Waals surface area contributed by atoms with E-state index in [1.807, 2.05) is 0 Å². The summed E-state index contributed by atoms with van der Waals surface area (Å²) < 4.78 is 0. The molecular formula is C34H47NO. The first kappa shape index (κ1) is 26.7. The summed E-state index contributed by atoms with van der Waals surface area (Å²) >= 11 is 0. The van der Waals surface area contributed by atoms with E-state index in [1.54, 1.807) is 5.56 Å². The van der Waals surface area contributed by atoms with Crippen LogP contribution in [0.3, 0.4) is 0 Å². The van der Waals surface area contributed by atoms with Gasteiger partial charge in [-0.3, -0.25) is 4.79 Å². The lowest BCUT2D eigenvalue weighted by Gasteiger charge is -2.30. The third-order valence-electron chi connectivity index (χ3n) is 9.00. The number of benzene rings is 2. The third-order valence-corrected chi connectivity index (χ3v) is 9.00. The third kappa shape index (κ3) is 6.90. The van der Waals surface area contributed by atoms with Crippen LogP contribution >= 0.6 is 0 Å². The second-order valence-electron chi connectivity index (χ2n) is 11.4. The van der Waals surface area contributed by atoms with Gasteiger partial charge in [0.15, 0.2) is 0 Å². The van der Waals surface area contributed by atoms with E-state index < -0.39 is 0 Å². The molecule has 4 rings (SSSR count). The van der Waals surface area contributed by atoms with Gasteiger partial charge in [-0.2, -0.15) is 0 Å². The molecule has 0 aromatic heterocycles. The number of hydrogen-bond donors (Lipinski definition) is 1. The van der Waals surface area contributed by atoms with Crippen molar-refractivity contribution >= 4 is 5.91 Å². The predicted molar refractivity (Wildman–Crippen MR) is 153 cm³/mol. The second kappa shape index (κ2) is 13.3. The van der Waals surface area contributed by atoms with E-state index in [9.17, 15) is 4.79 Å². The van der Waals surface area contributed by atoms with Crippen molar-refractivity contribution in [2.45, 2.75) is 115 Å². The van der Waals surface area contributed by atoms with E-state index in [0.29, 0.717) is 12.0 Å². The number of carbonyl (C=O) groups is 1. The zero-order valence-corrected chi connectivity index (χ0v) is 22.7. The van der Waals surface area contributed by atoms with Crippen LogP contribution in [0.4, 0.5) is 0 Å². The number of nitrogens with one attached hydrogen (secondary N) is 1. The lowest BCUT2D eigenvalue weighted by molar-refractivity contribution is -0.117. The van der Waals surface area contributed by atoms with Gasteiger partial charge >= 0.3 is 0 Å². The van der Waals surface area contributed by atoms with Crippen LogP contribution in [0.1, 0.15) is 119 Å². The van der Waals surface area contributed by atoms with Gasteiger partial charge in [0.25, 0.3) is 0 Å². The molecule has 2 aliphatic carbocycles. The molecule has 0 saturated heterocycles. The fourth-order valence-electron chi connectivity index (χ4n) is 6.68. The lowest BCUT2D eigenvalue weighted by atomic mass is 9.77. The van der Waals surface area contributed by atoms with Gasteiger partial charge in [-0.15, -0.1) is 0 Å². The van der Waals surface area contributed by atoms with Crippen molar-refractivity contribution in [3.05, 3.63) is 71.8 Å². The maximum absolute atomic E-state index is 11.6. The number of carbonyl (C=O) groups excluding carboxylic acids is 1. The topological polar surface area (TPSA) is 29.1 Å². The molecule has 2 aromatic carbocycles. The summed E-state index contributed by atoms with van der Waals surface area (Å²) in [5.41, 5.74) is 7.21. The van der Waals surface area contributed by atoms with Crippen molar-refractivity contribution in [3.63, 3.8) is 0 Å². The molecule has 0 unspecified atom stereocenters. The fraction of sp³-hybridized carbons (Fsp3) is 0.559. The minimum atomic E-state index is -0.0443. The van der Waals surface area contributed by atoms with E-state index in [0.717, 1.165) is 43.9 Å². The zero-order chi connectivity index (χ0) is 25.3. The van der Waals surface area contributed by atoms with Crippen LogP contribution in [0.5, 0.6) is 0 Å². The average Bonchev–Trinajstić information content (AvgIpc) is 2.93. The first-order valence-corrected chi connectivity index (χ1v) is 14.8. The molecule has 0 radical (unpaired) electrons. The van der Waals surface area contributed by atoms with Crippen molar-refractivity contribution in [2.75, 3.05) is 0 Å². The summed E-state index contributed by atoms with van der Waals surface area (Å²) in [5, 5.41) is 3.08. The molecule has 36 heavy (non-hydrogen) atoms. The molecule has 0 atom stereocenters. The fourth-order valence-corrected chi connectivity index (χ4v) is 6.68. The van der Waals surface area contributed by atoms with Gasteiger partial charge in [0.2, 0.25) is 5.91 Å². The molecule has 194 valence electrons. The Morgan fingerprint density at radius 1 is 0.861 bits per heavy atom. The first-order chi connectivity index (χ1) is 17.6. The highest BCUT2D eigenvalue weighted by Gasteiger charge is 2.24. The van der Waals surface area contributed by atoms with Gasteiger partial charge < -0.3 is 5.32 Å². The Balaban J connectivity index is 1.36. The highest BCUT2D eigenvalue weighted by atomic mass is 16.1. The number of aryl methyl sites for hydroxylation is 1. The summed E-state index contributed by atoms with van der Waals surface area (Å²) in [6, 6.07) is 17.0. The zero-order valence-electron chi connectivity index (χ0n) is 22.7. The Labute approximate surface area is 220 Å². The molecule has 2 aromatic rings. The van der Waals surface area contributed by atoms with Gasteiger partial charge in [-0.25, -0.2) is 0 Å². The van der Waals surface area contributed by atoms with Crippen molar-refractivity contribution in [1.82, 2.24) is 5.32 Å². The van der Waals surface area contributed by atoms with Crippen LogP contribution in [0.25, 0.3) is 11.1 Å². The molecule has 2 nitrogen and oxygen atoms in total. The summed E-state index contributed by atoms with van der Waals surface area (Å²) in [7, 11) is 0. The van der Waals surface area contributed by atoms with E-state index >= 15 is 0 Å². The smallest absolute Gasteiger partial charge is 0.243 e. The minimum Gasteiger partial charge on any atom is -0.350 e. The van der Waals surface area contributed by atoms with E-state index in [-0.39, 0.29) is 5.91 Å². The molecule has 2 heteroatoms. The largest absolute Gasteiger partial charge is 0.350 e. The van der Waals surface area contributed by atoms with Crippen LogP contribution in [-0.2, 0) is 11.2 Å². The molecule has 2 fully saturated rings. The Morgan fingerprint density at radius 2 is 1.50 bits per heavy atom. The summed E-state index contributed by atoms with van der Waals surface area (Å²) in [6.07, 6.45) is 18.0. The van der Waals surface area contributed by atoms with Crippen LogP contribution < -0.4 is 5.32 Å². The molecule has 2 aliphatic rings. The van der Waals surface area contributed by atoms with Crippen molar-refractivity contribution < 1.29 is 4.79 Å². The number of rotatable bonds is 10. The normalized spacial score (nSPS) is 24.3. The Bertz CT molecular complexity index is 975. The van der Waals surface area contributed by atoms with Crippen LogP contribution in [-0.4, -0.2) is 11.9 Å². The first-order valence-electron chi connectivity index (χ1n) is 14.8. The van der Waals surface area contributed by atoms with Crippen molar-refractivity contribution in [3.8, 4) is 11.1 Å². The molecule has 1 amide bonds. The molecule has 0 aliphatic heterocycles. The highest BCUT2D eigenvalue weighted by molar-refractivity contribution is 5.87. The maximum Gasteiger partial charge on any atom is 0.243 e. The van der Waals surface area contributed by atoms with Crippen molar-refractivity contribution in [2.24, 2.45) is 5.92 Å². The Hall–Kier alpha value is -2.35. The van der Waals surface area contributed by atoms with Gasteiger partial charge in [0.1, 0.15) is 0 Å². The van der Waals surface area contributed by atoms with Gasteiger partial charge in [0, 0.05) is 6.04 Å². The van der Waals surface area contributed by atoms with Crippen molar-refractivity contribution in [1.29, 1.82) is 0 Å². The van der Waals surface area contributed by atoms with Gasteiger partial charge in [0.05, 0.1) is 0 Å². The van der Waals surface area contributed by atoms with Crippen LogP contribution in [0.2, 0.25) is 0 Å². The van der Waals surface area contributed by atoms with E-state index in [4.69, 9.17) is 0 Å².